The van der Waals surface area contributed by atoms with Gasteiger partial charge in [0.25, 0.3) is 11.8 Å². The molecule has 1 fully saturated rings. The van der Waals surface area contributed by atoms with Crippen molar-refractivity contribution in [2.75, 3.05) is 6.54 Å². The van der Waals surface area contributed by atoms with Gasteiger partial charge in [-0.1, -0.05) is 47.0 Å². The molecule has 170 valence electrons. The lowest BCUT2D eigenvalue weighted by Gasteiger charge is -2.43. The Morgan fingerprint density at radius 2 is 1.97 bits per heavy atom. The van der Waals surface area contributed by atoms with E-state index in [9.17, 15) is 14.4 Å². The minimum absolute atomic E-state index is 0.158. The molecule has 3 amide bonds. The Labute approximate surface area is 195 Å². The van der Waals surface area contributed by atoms with Gasteiger partial charge in [-0.3, -0.25) is 19.1 Å². The van der Waals surface area contributed by atoms with Gasteiger partial charge in [-0.05, 0) is 38.3 Å². The first-order chi connectivity index (χ1) is 15.3. The molecule has 0 radical (unpaired) electrons. The summed E-state index contributed by atoms with van der Waals surface area (Å²) in [4.78, 5) is 40.7. The molecule has 1 aromatic heterocycles. The molecular weight excluding hydrogens is 474 g/mol. The van der Waals surface area contributed by atoms with Crippen molar-refractivity contribution in [3.63, 3.8) is 0 Å². The van der Waals surface area contributed by atoms with E-state index in [0.29, 0.717) is 18.8 Å². The molecule has 4 rings (SSSR count). The van der Waals surface area contributed by atoms with Crippen LogP contribution in [0.2, 0.25) is 0 Å². The molecule has 2 N–H and O–H groups in total. The van der Waals surface area contributed by atoms with E-state index in [2.05, 4.69) is 31.7 Å². The molecule has 2 heterocycles. The molecular formula is C23H28BrN5O3. The lowest BCUT2D eigenvalue weighted by Crippen LogP contribution is -2.64. The minimum atomic E-state index is -1.06. The number of rotatable bonds is 6. The lowest BCUT2D eigenvalue weighted by molar-refractivity contribution is -0.133. The number of likely N-dealkylation sites (N-methyl/N-ethyl adjacent to an activating group) is 1. The average Bonchev–Trinajstić information content (AvgIpc) is 3.43. The summed E-state index contributed by atoms with van der Waals surface area (Å²) in [6.45, 7) is 4.56. The molecule has 1 atom stereocenters. The number of carbonyl (C=O) groups excluding carboxylic acids is 3. The fourth-order valence-corrected chi connectivity index (χ4v) is 4.99. The molecule has 1 unspecified atom stereocenters. The smallest absolute Gasteiger partial charge is 0.273 e. The van der Waals surface area contributed by atoms with Crippen LogP contribution in [0.3, 0.4) is 0 Å². The molecule has 0 bridgehead atoms. The van der Waals surface area contributed by atoms with Gasteiger partial charge in [0.1, 0.15) is 11.2 Å². The second-order valence-electron chi connectivity index (χ2n) is 8.62. The number of halogens is 1. The monoisotopic (exact) mass is 501 g/mol. The van der Waals surface area contributed by atoms with E-state index in [1.165, 1.54) is 10.7 Å². The highest BCUT2D eigenvalue weighted by Gasteiger charge is 2.48. The van der Waals surface area contributed by atoms with Gasteiger partial charge in [0.05, 0.1) is 6.54 Å². The third-order valence-electron chi connectivity index (χ3n) is 6.42. The maximum Gasteiger partial charge on any atom is 0.273 e. The first-order valence-corrected chi connectivity index (χ1v) is 11.8. The zero-order valence-corrected chi connectivity index (χ0v) is 19.9. The molecule has 9 heteroatoms. The Kier molecular flexibility index (Phi) is 6.37. The second-order valence-corrected chi connectivity index (χ2v) is 9.48. The van der Waals surface area contributed by atoms with E-state index in [0.717, 1.165) is 35.7 Å². The average molecular weight is 502 g/mol. The number of hydrogen-bond donors (Lipinski definition) is 2. The molecule has 1 aliphatic carbocycles. The number of nitrogens with zero attached hydrogens (tertiary/aromatic N) is 3. The zero-order valence-electron chi connectivity index (χ0n) is 18.4. The van der Waals surface area contributed by atoms with Crippen LogP contribution in [0.4, 0.5) is 0 Å². The minimum Gasteiger partial charge on any atom is -0.351 e. The predicted octanol–water partition coefficient (Wildman–Crippen LogP) is 2.87. The van der Waals surface area contributed by atoms with Crippen molar-refractivity contribution in [3.05, 3.63) is 51.8 Å². The SMILES string of the molecule is CCN1C(=O)c2cc(C(=O)NCc3ccccc3Br)nn2CC1(C)C(=O)NC1CCCC1. The summed E-state index contributed by atoms with van der Waals surface area (Å²) in [5, 5.41) is 10.3. The second kappa shape index (κ2) is 9.05. The largest absolute Gasteiger partial charge is 0.351 e. The highest BCUT2D eigenvalue weighted by molar-refractivity contribution is 9.10. The summed E-state index contributed by atoms with van der Waals surface area (Å²) in [5.41, 5.74) is 0.367. The first-order valence-electron chi connectivity index (χ1n) is 11.1. The highest BCUT2D eigenvalue weighted by Crippen LogP contribution is 2.28. The van der Waals surface area contributed by atoms with Crippen molar-refractivity contribution in [1.29, 1.82) is 0 Å². The maximum absolute atomic E-state index is 13.2. The highest BCUT2D eigenvalue weighted by atomic mass is 79.9. The quantitative estimate of drug-likeness (QED) is 0.635. The van der Waals surface area contributed by atoms with Gasteiger partial charge in [-0.25, -0.2) is 0 Å². The van der Waals surface area contributed by atoms with Gasteiger partial charge in [0.15, 0.2) is 5.69 Å². The fourth-order valence-electron chi connectivity index (χ4n) is 4.57. The maximum atomic E-state index is 13.2. The molecule has 0 saturated heterocycles. The predicted molar refractivity (Wildman–Crippen MR) is 123 cm³/mol. The van der Waals surface area contributed by atoms with Gasteiger partial charge in [0, 0.05) is 29.7 Å². The Bertz CT molecular complexity index is 1050. The van der Waals surface area contributed by atoms with Crippen molar-refractivity contribution in [1.82, 2.24) is 25.3 Å². The van der Waals surface area contributed by atoms with Crippen LogP contribution < -0.4 is 10.6 Å². The van der Waals surface area contributed by atoms with Crippen LogP contribution in [0.5, 0.6) is 0 Å². The molecule has 1 saturated carbocycles. The van der Waals surface area contributed by atoms with E-state index in [-0.39, 0.29) is 36.0 Å². The van der Waals surface area contributed by atoms with Crippen LogP contribution in [0.25, 0.3) is 0 Å². The van der Waals surface area contributed by atoms with Gasteiger partial charge in [-0.2, -0.15) is 5.10 Å². The van der Waals surface area contributed by atoms with Gasteiger partial charge in [-0.15, -0.1) is 0 Å². The van der Waals surface area contributed by atoms with Gasteiger partial charge >= 0.3 is 0 Å². The summed E-state index contributed by atoms with van der Waals surface area (Å²) in [6.07, 6.45) is 4.16. The first kappa shape index (κ1) is 22.5. The molecule has 2 aromatic rings. The van der Waals surface area contributed by atoms with Crippen LogP contribution in [0, 0.1) is 0 Å². The fraction of sp³-hybridized carbons (Fsp3) is 0.478. The van der Waals surface area contributed by atoms with Crippen LogP contribution in [-0.4, -0.2) is 50.5 Å². The summed E-state index contributed by atoms with van der Waals surface area (Å²) in [6, 6.07) is 9.30. The molecule has 1 aromatic carbocycles. The van der Waals surface area contributed by atoms with Crippen LogP contribution in [0.15, 0.2) is 34.8 Å². The Morgan fingerprint density at radius 3 is 2.66 bits per heavy atom. The number of benzene rings is 1. The van der Waals surface area contributed by atoms with Gasteiger partial charge in [0.2, 0.25) is 5.91 Å². The molecule has 1 aliphatic heterocycles. The summed E-state index contributed by atoms with van der Waals surface area (Å²) < 4.78 is 2.40. The molecule has 32 heavy (non-hydrogen) atoms. The summed E-state index contributed by atoms with van der Waals surface area (Å²) in [7, 11) is 0. The van der Waals surface area contributed by atoms with Crippen LogP contribution in [-0.2, 0) is 17.9 Å². The standard InChI is InChI=1S/C23H28BrN5O3/c1-3-28-21(31)19-12-18(20(30)25-13-15-8-4-7-11-17(15)24)27-29(19)14-23(28,2)22(32)26-16-9-5-6-10-16/h4,7-8,11-12,16H,3,5-6,9-10,13-14H2,1-2H3,(H,25,30)(H,26,32). The Balaban J connectivity index is 1.53. The number of aromatic nitrogens is 2. The molecule has 2 aliphatic rings. The normalized spacial score (nSPS) is 20.8. The van der Waals surface area contributed by atoms with Crippen molar-refractivity contribution in [3.8, 4) is 0 Å². The van der Waals surface area contributed by atoms with Crippen LogP contribution in [0.1, 0.15) is 66.1 Å². The van der Waals surface area contributed by atoms with Crippen molar-refractivity contribution < 1.29 is 14.4 Å². The number of fused-ring (bicyclic) bond motifs is 1. The van der Waals surface area contributed by atoms with Crippen molar-refractivity contribution in [2.45, 2.75) is 64.2 Å². The lowest BCUT2D eigenvalue weighted by atomic mass is 9.94. The van der Waals surface area contributed by atoms with E-state index in [4.69, 9.17) is 0 Å². The van der Waals surface area contributed by atoms with E-state index in [1.54, 1.807) is 11.8 Å². The van der Waals surface area contributed by atoms with Crippen molar-refractivity contribution >= 4 is 33.7 Å². The number of hydrogen-bond acceptors (Lipinski definition) is 4. The third-order valence-corrected chi connectivity index (χ3v) is 7.20. The van der Waals surface area contributed by atoms with E-state index < -0.39 is 5.54 Å². The molecule has 0 spiro atoms. The third kappa shape index (κ3) is 4.18. The van der Waals surface area contributed by atoms with E-state index in [1.807, 2.05) is 31.2 Å². The number of carbonyl (C=O) groups is 3. The van der Waals surface area contributed by atoms with Crippen LogP contribution >= 0.6 is 15.9 Å². The topological polar surface area (TPSA) is 96.3 Å². The Morgan fingerprint density at radius 1 is 1.25 bits per heavy atom. The van der Waals surface area contributed by atoms with Crippen molar-refractivity contribution in [2.24, 2.45) is 0 Å². The van der Waals surface area contributed by atoms with E-state index >= 15 is 0 Å². The summed E-state index contributed by atoms with van der Waals surface area (Å²) >= 11 is 3.47. The van der Waals surface area contributed by atoms with Gasteiger partial charge < -0.3 is 15.5 Å². The molecule has 8 nitrogen and oxygen atoms in total. The zero-order chi connectivity index (χ0) is 22.9. The number of amides is 3. The number of nitrogens with one attached hydrogen (secondary N) is 2. The Hall–Kier alpha value is -2.68. The summed E-state index contributed by atoms with van der Waals surface area (Å²) in [5.74, 6) is -0.823.